The van der Waals surface area contributed by atoms with Gasteiger partial charge in [0.2, 0.25) is 5.91 Å². The minimum absolute atomic E-state index is 0.365. The van der Waals surface area contributed by atoms with Crippen LogP contribution >= 0.6 is 0 Å². The summed E-state index contributed by atoms with van der Waals surface area (Å²) < 4.78 is 0. The molecule has 0 heterocycles. The molecule has 6 nitrogen and oxygen atoms in total. The minimum atomic E-state index is -1.29. The summed E-state index contributed by atoms with van der Waals surface area (Å²) in [6.07, 6.45) is 77.2. The Morgan fingerprint density at radius 3 is 0.863 bits per heavy atom. The van der Waals surface area contributed by atoms with Gasteiger partial charge in [-0.3, -0.25) is 4.79 Å². The standard InChI is InChI=1S/C67H131NO5/c1-3-5-7-9-11-13-15-17-19-21-23-25-27-29-30-31-32-33-34-35-37-38-40-42-44-46-48-50-52-54-56-58-60-64(70)66(72)63(62-69)68-67(73)65(71)61-59-57-55-53-51-49-47-45-43-41-39-36-28-26-24-22-20-18-16-14-12-10-8-6-4-2/h44,46,52,54,63-66,69-72H,3-43,45,47-51,53,55-62H2,1-2H3,(H,68,73)/b46-44+,54-52+. The summed E-state index contributed by atoms with van der Waals surface area (Å²) in [6, 6.07) is -1.01. The van der Waals surface area contributed by atoms with Gasteiger partial charge < -0.3 is 25.7 Å². The van der Waals surface area contributed by atoms with Crippen LogP contribution in [0, 0.1) is 0 Å². The lowest BCUT2D eigenvalue weighted by atomic mass is 10.00. The number of nitrogens with one attached hydrogen (secondary N) is 1. The SMILES string of the molecule is CCCCCCCCCCCCCCCCCCCCCCCCC/C=C/CC/C=C/CCCC(O)C(O)C(CO)NC(=O)C(O)CCCCCCCCCCCCCCCCCCCCCCCCCCC. The van der Waals surface area contributed by atoms with Crippen molar-refractivity contribution in [3.8, 4) is 0 Å². The van der Waals surface area contributed by atoms with Gasteiger partial charge in [-0.05, 0) is 51.4 Å². The molecule has 0 aromatic carbocycles. The molecular weight excluding hydrogens is 899 g/mol. The van der Waals surface area contributed by atoms with Crippen molar-refractivity contribution in [2.45, 2.75) is 391 Å². The molecule has 5 N–H and O–H groups in total. The predicted octanol–water partition coefficient (Wildman–Crippen LogP) is 20.2. The first-order chi connectivity index (χ1) is 36.0. The van der Waals surface area contributed by atoms with E-state index >= 15 is 0 Å². The second-order valence-electron chi connectivity index (χ2n) is 23.2. The summed E-state index contributed by atoms with van der Waals surface area (Å²) >= 11 is 0. The Bertz CT molecular complexity index is 1110. The van der Waals surface area contributed by atoms with Gasteiger partial charge in [0.25, 0.3) is 0 Å². The molecule has 0 aliphatic heterocycles. The zero-order valence-corrected chi connectivity index (χ0v) is 49.4. The third-order valence-electron chi connectivity index (χ3n) is 15.9. The Morgan fingerprint density at radius 2 is 0.575 bits per heavy atom. The first-order valence-electron chi connectivity index (χ1n) is 33.2. The number of aliphatic hydroxyl groups excluding tert-OH is 4. The van der Waals surface area contributed by atoms with Crippen molar-refractivity contribution in [1.82, 2.24) is 5.32 Å². The van der Waals surface area contributed by atoms with Crippen molar-refractivity contribution >= 4 is 5.91 Å². The van der Waals surface area contributed by atoms with Crippen molar-refractivity contribution in [2.24, 2.45) is 0 Å². The van der Waals surface area contributed by atoms with E-state index in [4.69, 9.17) is 0 Å². The highest BCUT2D eigenvalue weighted by Gasteiger charge is 2.28. The molecule has 0 saturated heterocycles. The van der Waals surface area contributed by atoms with Crippen LogP contribution in [0.3, 0.4) is 0 Å². The van der Waals surface area contributed by atoms with E-state index in [9.17, 15) is 25.2 Å². The molecule has 6 heteroatoms. The predicted molar refractivity (Wildman–Crippen MR) is 321 cm³/mol. The molecule has 0 rings (SSSR count). The van der Waals surface area contributed by atoms with Gasteiger partial charge in [0.15, 0.2) is 0 Å². The van der Waals surface area contributed by atoms with Crippen LogP contribution in [-0.2, 0) is 4.79 Å². The van der Waals surface area contributed by atoms with Gasteiger partial charge in [0.1, 0.15) is 12.2 Å². The summed E-state index contributed by atoms with van der Waals surface area (Å²) in [5, 5.41) is 44.1. The molecule has 434 valence electrons. The van der Waals surface area contributed by atoms with Gasteiger partial charge in [0.05, 0.1) is 18.8 Å². The monoisotopic (exact) mass is 1030 g/mol. The van der Waals surface area contributed by atoms with Gasteiger partial charge in [-0.15, -0.1) is 0 Å². The second kappa shape index (κ2) is 61.6. The van der Waals surface area contributed by atoms with E-state index < -0.39 is 36.9 Å². The maximum atomic E-state index is 12.6. The van der Waals surface area contributed by atoms with Crippen LogP contribution in [0.1, 0.15) is 367 Å². The number of hydrogen-bond donors (Lipinski definition) is 5. The molecule has 0 aliphatic carbocycles. The molecule has 0 aromatic heterocycles. The number of carbonyl (C=O) groups excluding carboxylic acids is 1. The summed E-state index contributed by atoms with van der Waals surface area (Å²) in [4.78, 5) is 12.6. The lowest BCUT2D eigenvalue weighted by molar-refractivity contribution is -0.132. The van der Waals surface area contributed by atoms with Crippen molar-refractivity contribution < 1.29 is 25.2 Å². The highest BCUT2D eigenvalue weighted by molar-refractivity contribution is 5.80. The zero-order chi connectivity index (χ0) is 53.0. The van der Waals surface area contributed by atoms with Crippen molar-refractivity contribution in [3.05, 3.63) is 24.3 Å². The summed E-state index contributed by atoms with van der Waals surface area (Å²) in [5.41, 5.74) is 0. The Kier molecular flexibility index (Phi) is 60.6. The van der Waals surface area contributed by atoms with Gasteiger partial charge in [-0.2, -0.15) is 0 Å². The van der Waals surface area contributed by atoms with Crippen LogP contribution in [0.2, 0.25) is 0 Å². The van der Waals surface area contributed by atoms with Gasteiger partial charge in [-0.25, -0.2) is 0 Å². The Balaban J connectivity index is 3.59. The first-order valence-corrected chi connectivity index (χ1v) is 33.2. The fourth-order valence-corrected chi connectivity index (χ4v) is 10.7. The average Bonchev–Trinajstić information content (AvgIpc) is 3.40. The number of carbonyl (C=O) groups is 1. The quantitative estimate of drug-likeness (QED) is 0.0308. The van der Waals surface area contributed by atoms with Crippen LogP contribution in [0.15, 0.2) is 24.3 Å². The molecule has 0 fully saturated rings. The molecule has 0 spiro atoms. The molecule has 4 atom stereocenters. The number of rotatable bonds is 62. The number of amides is 1. The zero-order valence-electron chi connectivity index (χ0n) is 49.4. The van der Waals surface area contributed by atoms with Crippen molar-refractivity contribution in [1.29, 1.82) is 0 Å². The van der Waals surface area contributed by atoms with Crippen molar-refractivity contribution in [2.75, 3.05) is 6.61 Å². The highest BCUT2D eigenvalue weighted by atomic mass is 16.3. The molecule has 73 heavy (non-hydrogen) atoms. The van der Waals surface area contributed by atoms with Crippen LogP contribution in [-0.4, -0.2) is 57.3 Å². The van der Waals surface area contributed by atoms with E-state index in [1.165, 1.54) is 295 Å². The van der Waals surface area contributed by atoms with Crippen LogP contribution in [0.4, 0.5) is 0 Å². The lowest BCUT2D eigenvalue weighted by Crippen LogP contribution is -2.53. The summed E-state index contributed by atoms with van der Waals surface area (Å²) in [6.45, 7) is 4.09. The number of hydrogen-bond acceptors (Lipinski definition) is 5. The Hall–Kier alpha value is -1.21. The molecule has 0 bridgehead atoms. The Labute approximate surface area is 456 Å². The van der Waals surface area contributed by atoms with Gasteiger partial charge in [0, 0.05) is 0 Å². The van der Waals surface area contributed by atoms with Crippen LogP contribution < -0.4 is 5.32 Å². The molecule has 0 aromatic rings. The van der Waals surface area contributed by atoms with E-state index in [-0.39, 0.29) is 0 Å². The Morgan fingerprint density at radius 1 is 0.329 bits per heavy atom. The van der Waals surface area contributed by atoms with Crippen LogP contribution in [0.5, 0.6) is 0 Å². The van der Waals surface area contributed by atoms with Crippen LogP contribution in [0.25, 0.3) is 0 Å². The molecule has 0 radical (unpaired) electrons. The first kappa shape index (κ1) is 71.8. The van der Waals surface area contributed by atoms with Gasteiger partial charge >= 0.3 is 0 Å². The maximum absolute atomic E-state index is 12.6. The van der Waals surface area contributed by atoms with E-state index in [1.807, 2.05) is 0 Å². The molecule has 0 aliphatic rings. The summed E-state index contributed by atoms with van der Waals surface area (Å²) in [5.74, 6) is -0.590. The fourth-order valence-electron chi connectivity index (χ4n) is 10.7. The average molecular weight is 1030 g/mol. The highest BCUT2D eigenvalue weighted by Crippen LogP contribution is 2.19. The third kappa shape index (κ3) is 55.4. The second-order valence-corrected chi connectivity index (χ2v) is 23.2. The normalized spacial score (nSPS) is 13.7. The topological polar surface area (TPSA) is 110 Å². The largest absolute Gasteiger partial charge is 0.394 e. The number of unbranched alkanes of at least 4 members (excludes halogenated alkanes) is 49. The van der Waals surface area contributed by atoms with E-state index in [2.05, 4.69) is 43.5 Å². The smallest absolute Gasteiger partial charge is 0.249 e. The van der Waals surface area contributed by atoms with Gasteiger partial charge in [-0.1, -0.05) is 340 Å². The van der Waals surface area contributed by atoms with E-state index in [0.717, 1.165) is 38.5 Å². The summed E-state index contributed by atoms with van der Waals surface area (Å²) in [7, 11) is 0. The molecule has 1 amide bonds. The molecule has 0 saturated carbocycles. The minimum Gasteiger partial charge on any atom is -0.394 e. The molecule has 4 unspecified atom stereocenters. The number of allylic oxidation sites excluding steroid dienone is 4. The van der Waals surface area contributed by atoms with E-state index in [0.29, 0.717) is 19.3 Å². The third-order valence-corrected chi connectivity index (χ3v) is 15.9. The fraction of sp³-hybridized carbons (Fsp3) is 0.925. The van der Waals surface area contributed by atoms with Crippen molar-refractivity contribution in [3.63, 3.8) is 0 Å². The maximum Gasteiger partial charge on any atom is 0.249 e. The van der Waals surface area contributed by atoms with E-state index in [1.54, 1.807) is 0 Å². The lowest BCUT2D eigenvalue weighted by Gasteiger charge is -2.27. The number of aliphatic hydroxyl groups is 4. The molecular formula is C67H131NO5.